The van der Waals surface area contributed by atoms with Gasteiger partial charge in [0.15, 0.2) is 11.3 Å². The molecule has 3 aromatic heterocycles. The second-order valence-corrected chi connectivity index (χ2v) is 9.21. The molecule has 0 saturated heterocycles. The quantitative estimate of drug-likeness (QED) is 0.402. The highest BCUT2D eigenvalue weighted by Crippen LogP contribution is 2.17. The van der Waals surface area contributed by atoms with Gasteiger partial charge in [-0.2, -0.15) is 16.4 Å². The van der Waals surface area contributed by atoms with E-state index in [1.54, 1.807) is 21.9 Å². The number of fused-ring (bicyclic) bond motifs is 1. The molecule has 1 aromatic carbocycles. The average Bonchev–Trinajstić information content (AvgIpc) is 3.42. The lowest BCUT2D eigenvalue weighted by Crippen LogP contribution is -2.33. The summed E-state index contributed by atoms with van der Waals surface area (Å²) in [6.45, 7) is 7.93. The van der Waals surface area contributed by atoms with Crippen LogP contribution < -0.4 is 10.1 Å². The number of rotatable bonds is 9. The molecule has 4 rings (SSSR count). The van der Waals surface area contributed by atoms with Gasteiger partial charge in [0.25, 0.3) is 5.91 Å². The summed E-state index contributed by atoms with van der Waals surface area (Å²) in [6.07, 6.45) is -0.188. The molecule has 8 heteroatoms. The van der Waals surface area contributed by atoms with Crippen molar-refractivity contribution in [3.05, 3.63) is 81.4 Å². The summed E-state index contributed by atoms with van der Waals surface area (Å²) in [4.78, 5) is 19.3. The number of thiophene rings is 1. The maximum atomic E-state index is 12.6. The van der Waals surface area contributed by atoms with Crippen LogP contribution in [0, 0.1) is 13.8 Å². The van der Waals surface area contributed by atoms with Crippen molar-refractivity contribution < 1.29 is 9.53 Å². The molecule has 1 amide bonds. The van der Waals surface area contributed by atoms with Gasteiger partial charge in [0.1, 0.15) is 11.9 Å². The number of nitrogens with zero attached hydrogens (tertiary/aromatic N) is 4. The molecular formula is C25H29N5O2S. The number of nitrogens with one attached hydrogen (secondary N) is 1. The fourth-order valence-electron chi connectivity index (χ4n) is 3.78. The molecule has 7 nitrogen and oxygen atoms in total. The van der Waals surface area contributed by atoms with Crippen molar-refractivity contribution >= 4 is 22.9 Å². The summed E-state index contributed by atoms with van der Waals surface area (Å²) >= 11 is 1.72. The summed E-state index contributed by atoms with van der Waals surface area (Å²) in [5.41, 5.74) is 5.36. The third-order valence-corrected chi connectivity index (χ3v) is 5.97. The van der Waals surface area contributed by atoms with Crippen LogP contribution in [-0.4, -0.2) is 45.1 Å². The van der Waals surface area contributed by atoms with Gasteiger partial charge in [0, 0.05) is 30.5 Å². The Morgan fingerprint density at radius 1 is 1.18 bits per heavy atom. The van der Waals surface area contributed by atoms with E-state index < -0.39 is 0 Å². The Kier molecular flexibility index (Phi) is 7.05. The average molecular weight is 464 g/mol. The first-order valence-electron chi connectivity index (χ1n) is 10.9. The molecule has 0 aliphatic carbocycles. The van der Waals surface area contributed by atoms with E-state index >= 15 is 0 Å². The van der Waals surface area contributed by atoms with Crippen molar-refractivity contribution in [2.75, 3.05) is 13.6 Å². The first-order valence-corrected chi connectivity index (χ1v) is 11.9. The molecule has 3 heterocycles. The number of ether oxygens (including phenoxy) is 1. The van der Waals surface area contributed by atoms with Gasteiger partial charge in [0.05, 0.1) is 6.54 Å². The summed E-state index contributed by atoms with van der Waals surface area (Å²) in [5.74, 6) is 0.554. The van der Waals surface area contributed by atoms with E-state index in [-0.39, 0.29) is 12.0 Å². The zero-order valence-electron chi connectivity index (χ0n) is 19.4. The molecular weight excluding hydrogens is 434 g/mol. The smallest absolute Gasteiger partial charge is 0.272 e. The van der Waals surface area contributed by atoms with E-state index in [1.807, 2.05) is 39.0 Å². The van der Waals surface area contributed by atoms with Crippen LogP contribution in [0.15, 0.2) is 53.2 Å². The van der Waals surface area contributed by atoms with Gasteiger partial charge in [-0.15, -0.1) is 0 Å². The Hall–Kier alpha value is -3.23. The van der Waals surface area contributed by atoms with Gasteiger partial charge >= 0.3 is 0 Å². The lowest BCUT2D eigenvalue weighted by atomic mass is 10.2. The van der Waals surface area contributed by atoms with E-state index in [0.29, 0.717) is 17.9 Å². The first-order chi connectivity index (χ1) is 15.9. The minimum absolute atomic E-state index is 0.188. The van der Waals surface area contributed by atoms with E-state index in [1.165, 1.54) is 11.1 Å². The predicted octanol–water partition coefficient (Wildman–Crippen LogP) is 4.24. The molecule has 1 N–H and O–H groups in total. The van der Waals surface area contributed by atoms with Gasteiger partial charge in [-0.1, -0.05) is 12.1 Å². The van der Waals surface area contributed by atoms with Crippen LogP contribution in [0.2, 0.25) is 0 Å². The van der Waals surface area contributed by atoms with E-state index in [0.717, 1.165) is 30.2 Å². The molecule has 4 aromatic rings. The van der Waals surface area contributed by atoms with Crippen LogP contribution >= 0.6 is 11.3 Å². The number of carbonyl (C=O) groups excluding carboxylic acids is 1. The number of benzene rings is 1. The van der Waals surface area contributed by atoms with Crippen molar-refractivity contribution in [2.45, 2.75) is 40.0 Å². The zero-order chi connectivity index (χ0) is 23.4. The van der Waals surface area contributed by atoms with Crippen molar-refractivity contribution in [3.63, 3.8) is 0 Å². The predicted molar refractivity (Wildman–Crippen MR) is 131 cm³/mol. The molecule has 0 bridgehead atoms. The topological polar surface area (TPSA) is 71.8 Å². The lowest BCUT2D eigenvalue weighted by Gasteiger charge is -2.18. The first kappa shape index (κ1) is 22.9. The molecule has 0 radical (unpaired) electrons. The highest BCUT2D eigenvalue weighted by atomic mass is 32.1. The van der Waals surface area contributed by atoms with Gasteiger partial charge < -0.3 is 10.1 Å². The van der Waals surface area contributed by atoms with Crippen molar-refractivity contribution in [1.82, 2.24) is 24.8 Å². The summed E-state index contributed by atoms with van der Waals surface area (Å²) in [7, 11) is 2.11. The van der Waals surface area contributed by atoms with Crippen molar-refractivity contribution in [2.24, 2.45) is 0 Å². The second-order valence-electron chi connectivity index (χ2n) is 8.43. The number of aromatic nitrogens is 3. The zero-order valence-corrected chi connectivity index (χ0v) is 20.2. The number of hydrogen-bond acceptors (Lipinski definition) is 6. The third kappa shape index (κ3) is 5.97. The standard InChI is InChI=1S/C25H29N5O2S/c1-17-10-18(2)30-24(27-17)12-23(28-30)25(31)26-13-19(3)32-22-7-5-6-20(11-22)14-29(4)15-21-8-9-33-16-21/h5-12,16,19H,13-15H2,1-4H3,(H,26,31). The Labute approximate surface area is 198 Å². The highest BCUT2D eigenvalue weighted by Gasteiger charge is 2.14. The Morgan fingerprint density at radius 2 is 2.00 bits per heavy atom. The maximum absolute atomic E-state index is 12.6. The monoisotopic (exact) mass is 463 g/mol. The van der Waals surface area contributed by atoms with Crippen LogP contribution in [0.1, 0.15) is 39.9 Å². The molecule has 172 valence electrons. The fourth-order valence-corrected chi connectivity index (χ4v) is 4.44. The number of hydrogen-bond donors (Lipinski definition) is 1. The Balaban J connectivity index is 1.30. The number of aryl methyl sites for hydroxylation is 2. The maximum Gasteiger partial charge on any atom is 0.272 e. The molecule has 0 aliphatic rings. The molecule has 0 fully saturated rings. The minimum atomic E-state index is -0.239. The van der Waals surface area contributed by atoms with Crippen LogP contribution in [0.4, 0.5) is 0 Å². The highest BCUT2D eigenvalue weighted by molar-refractivity contribution is 7.07. The summed E-state index contributed by atoms with van der Waals surface area (Å²) in [6, 6.07) is 13.9. The largest absolute Gasteiger partial charge is 0.489 e. The van der Waals surface area contributed by atoms with Crippen molar-refractivity contribution in [3.8, 4) is 5.75 Å². The summed E-state index contributed by atoms with van der Waals surface area (Å²) in [5, 5.41) is 11.6. The molecule has 1 unspecified atom stereocenters. The number of carbonyl (C=O) groups is 1. The van der Waals surface area contributed by atoms with E-state index in [9.17, 15) is 4.79 Å². The molecule has 0 aliphatic heterocycles. The number of amides is 1. The SMILES string of the molecule is Cc1cc(C)n2nc(C(=O)NCC(C)Oc3cccc(CN(C)Cc4ccsc4)c3)cc2n1. The lowest BCUT2D eigenvalue weighted by molar-refractivity contribution is 0.0927. The Morgan fingerprint density at radius 3 is 2.79 bits per heavy atom. The minimum Gasteiger partial charge on any atom is -0.489 e. The molecule has 1 atom stereocenters. The molecule has 0 spiro atoms. The van der Waals surface area contributed by atoms with Gasteiger partial charge in [-0.25, -0.2) is 9.50 Å². The van der Waals surface area contributed by atoms with Gasteiger partial charge in [0.2, 0.25) is 0 Å². The fraction of sp³-hybridized carbons (Fsp3) is 0.320. The third-order valence-electron chi connectivity index (χ3n) is 5.24. The van der Waals surface area contributed by atoms with Crippen LogP contribution in [0.25, 0.3) is 5.65 Å². The van der Waals surface area contributed by atoms with Crippen LogP contribution in [0.3, 0.4) is 0 Å². The van der Waals surface area contributed by atoms with Crippen molar-refractivity contribution in [1.29, 1.82) is 0 Å². The van der Waals surface area contributed by atoms with E-state index in [2.05, 4.69) is 56.3 Å². The van der Waals surface area contributed by atoms with Gasteiger partial charge in [-0.05, 0) is 74.0 Å². The Bertz CT molecular complexity index is 1240. The molecule has 0 saturated carbocycles. The second kappa shape index (κ2) is 10.1. The summed E-state index contributed by atoms with van der Waals surface area (Å²) < 4.78 is 7.74. The molecule has 33 heavy (non-hydrogen) atoms. The van der Waals surface area contributed by atoms with Crippen LogP contribution in [-0.2, 0) is 13.1 Å². The van der Waals surface area contributed by atoms with E-state index in [4.69, 9.17) is 4.74 Å². The van der Waals surface area contributed by atoms with Crippen LogP contribution in [0.5, 0.6) is 5.75 Å². The normalized spacial score (nSPS) is 12.3. The van der Waals surface area contributed by atoms with Gasteiger partial charge in [-0.3, -0.25) is 9.69 Å².